The van der Waals surface area contributed by atoms with Crippen LogP contribution in [0.3, 0.4) is 0 Å². The molecule has 0 saturated carbocycles. The normalized spacial score (nSPS) is 9.50. The molecule has 0 unspecified atom stereocenters. The van der Waals surface area contributed by atoms with Gasteiger partial charge >= 0.3 is 0 Å². The van der Waals surface area contributed by atoms with Gasteiger partial charge in [0.05, 0.1) is 0 Å². The minimum absolute atomic E-state index is 0.522. The van der Waals surface area contributed by atoms with E-state index in [1.807, 2.05) is 12.1 Å². The molecule has 0 N–H and O–H groups in total. The van der Waals surface area contributed by atoms with Crippen molar-refractivity contribution in [3.8, 4) is 11.5 Å². The molecule has 0 aliphatic carbocycles. The van der Waals surface area contributed by atoms with Crippen LogP contribution >= 0.6 is 11.6 Å². The maximum absolute atomic E-state index is 5.74. The molecule has 4 heteroatoms. The van der Waals surface area contributed by atoms with Gasteiger partial charge in [-0.3, -0.25) is 0 Å². The van der Waals surface area contributed by atoms with E-state index in [0.29, 0.717) is 16.8 Å². The second-order valence-corrected chi connectivity index (χ2v) is 3.78. The molecule has 0 aliphatic heterocycles. The summed E-state index contributed by atoms with van der Waals surface area (Å²) in [5.41, 5.74) is 0.880. The van der Waals surface area contributed by atoms with Crippen molar-refractivity contribution in [2.45, 2.75) is 27.2 Å². The Kier molecular flexibility index (Phi) is 4.99. The first-order chi connectivity index (χ1) is 7.67. The zero-order valence-corrected chi connectivity index (χ0v) is 10.5. The lowest BCUT2D eigenvalue weighted by atomic mass is 10.2. The van der Waals surface area contributed by atoms with E-state index >= 15 is 0 Å². The number of halogens is 1. The summed E-state index contributed by atoms with van der Waals surface area (Å²) in [5.74, 6) is 1.08. The first-order valence-electron chi connectivity index (χ1n) is 5.23. The Hall–Kier alpha value is -1.35. The Morgan fingerprint density at radius 3 is 2.12 bits per heavy atom. The zero-order valence-electron chi connectivity index (χ0n) is 9.70. The predicted octanol–water partition coefficient (Wildman–Crippen LogP) is 4.11. The van der Waals surface area contributed by atoms with Gasteiger partial charge in [0, 0.05) is 17.5 Å². The van der Waals surface area contributed by atoms with Gasteiger partial charge in [-0.1, -0.05) is 31.9 Å². The fourth-order valence-electron chi connectivity index (χ4n) is 1.01. The second kappa shape index (κ2) is 6.28. The average molecular weight is 239 g/mol. The topological polar surface area (TPSA) is 38.9 Å². The van der Waals surface area contributed by atoms with Crippen molar-refractivity contribution in [3.05, 3.63) is 35.2 Å². The van der Waals surface area contributed by atoms with Crippen molar-refractivity contribution in [1.82, 2.24) is 10.2 Å². The van der Waals surface area contributed by atoms with Crippen LogP contribution in [0.2, 0.25) is 5.02 Å². The standard InChI is InChI=1S/C9H7ClN2O.C3H8/c1-6-11-12-9(13-6)7-2-4-8(10)5-3-7;1-3-2/h2-5H,1H3;3H2,1-2H3. The van der Waals surface area contributed by atoms with Crippen molar-refractivity contribution in [2.75, 3.05) is 0 Å². The highest BCUT2D eigenvalue weighted by Crippen LogP contribution is 2.19. The lowest BCUT2D eigenvalue weighted by Gasteiger charge is -1.93. The van der Waals surface area contributed by atoms with Gasteiger partial charge in [0.2, 0.25) is 11.8 Å². The van der Waals surface area contributed by atoms with Gasteiger partial charge in [-0.15, -0.1) is 10.2 Å². The van der Waals surface area contributed by atoms with Crippen molar-refractivity contribution in [3.63, 3.8) is 0 Å². The van der Waals surface area contributed by atoms with Crippen LogP contribution in [0.25, 0.3) is 11.5 Å². The molecule has 2 rings (SSSR count). The number of hydrogen-bond donors (Lipinski definition) is 0. The largest absolute Gasteiger partial charge is 0.421 e. The van der Waals surface area contributed by atoms with Gasteiger partial charge in [0.1, 0.15) is 0 Å². The van der Waals surface area contributed by atoms with E-state index < -0.39 is 0 Å². The monoisotopic (exact) mass is 238 g/mol. The summed E-state index contributed by atoms with van der Waals surface area (Å²) in [6.07, 6.45) is 1.25. The van der Waals surface area contributed by atoms with Gasteiger partial charge in [-0.05, 0) is 24.3 Å². The first kappa shape index (κ1) is 12.7. The molecule has 0 amide bonds. The Balaban J connectivity index is 0.000000386. The first-order valence-corrected chi connectivity index (χ1v) is 5.61. The van der Waals surface area contributed by atoms with Gasteiger partial charge in [0.15, 0.2) is 0 Å². The number of aromatic nitrogens is 2. The minimum atomic E-state index is 0.522. The fraction of sp³-hybridized carbons (Fsp3) is 0.333. The highest BCUT2D eigenvalue weighted by Gasteiger charge is 2.04. The quantitative estimate of drug-likeness (QED) is 0.750. The fourth-order valence-corrected chi connectivity index (χ4v) is 1.13. The lowest BCUT2D eigenvalue weighted by Crippen LogP contribution is -1.76. The summed E-state index contributed by atoms with van der Waals surface area (Å²) in [5, 5.41) is 8.32. The Labute approximate surface area is 100 Å². The van der Waals surface area contributed by atoms with E-state index in [-0.39, 0.29) is 0 Å². The average Bonchev–Trinajstić information content (AvgIpc) is 2.67. The third-order valence-corrected chi connectivity index (χ3v) is 1.87. The second-order valence-electron chi connectivity index (χ2n) is 3.34. The molecular weight excluding hydrogens is 224 g/mol. The lowest BCUT2D eigenvalue weighted by molar-refractivity contribution is 0.533. The zero-order chi connectivity index (χ0) is 12.0. The summed E-state index contributed by atoms with van der Waals surface area (Å²) in [7, 11) is 0. The van der Waals surface area contributed by atoms with Crippen molar-refractivity contribution in [2.24, 2.45) is 0 Å². The van der Waals surface area contributed by atoms with E-state index in [9.17, 15) is 0 Å². The van der Waals surface area contributed by atoms with Crippen molar-refractivity contribution >= 4 is 11.6 Å². The Morgan fingerprint density at radius 2 is 1.69 bits per heavy atom. The van der Waals surface area contributed by atoms with Crippen LogP contribution in [0.1, 0.15) is 26.2 Å². The van der Waals surface area contributed by atoms with Gasteiger partial charge < -0.3 is 4.42 Å². The van der Waals surface area contributed by atoms with Crippen molar-refractivity contribution < 1.29 is 4.42 Å². The van der Waals surface area contributed by atoms with Crippen molar-refractivity contribution in [1.29, 1.82) is 0 Å². The third-order valence-electron chi connectivity index (χ3n) is 1.62. The van der Waals surface area contributed by atoms with Crippen LogP contribution in [0.4, 0.5) is 0 Å². The number of rotatable bonds is 1. The molecule has 0 atom stereocenters. The molecule has 1 heterocycles. The van der Waals surface area contributed by atoms with E-state index in [1.54, 1.807) is 19.1 Å². The summed E-state index contributed by atoms with van der Waals surface area (Å²) >= 11 is 5.74. The van der Waals surface area contributed by atoms with E-state index in [0.717, 1.165) is 5.56 Å². The molecule has 86 valence electrons. The molecule has 0 bridgehead atoms. The molecule has 0 saturated heterocycles. The van der Waals surface area contributed by atoms with Gasteiger partial charge in [0.25, 0.3) is 0 Å². The Morgan fingerprint density at radius 1 is 1.12 bits per heavy atom. The molecule has 2 aromatic rings. The third kappa shape index (κ3) is 3.66. The Bertz CT molecular complexity index is 423. The van der Waals surface area contributed by atoms with E-state index in [4.69, 9.17) is 16.0 Å². The van der Waals surface area contributed by atoms with Crippen LogP contribution in [0.15, 0.2) is 28.7 Å². The molecule has 16 heavy (non-hydrogen) atoms. The number of benzene rings is 1. The molecule has 3 nitrogen and oxygen atoms in total. The molecule has 0 fully saturated rings. The van der Waals surface area contributed by atoms with E-state index in [2.05, 4.69) is 24.0 Å². The van der Waals surface area contributed by atoms with Crippen LogP contribution in [0.5, 0.6) is 0 Å². The minimum Gasteiger partial charge on any atom is -0.421 e. The maximum atomic E-state index is 5.74. The summed E-state index contributed by atoms with van der Waals surface area (Å²) in [4.78, 5) is 0. The maximum Gasteiger partial charge on any atom is 0.247 e. The number of hydrogen-bond acceptors (Lipinski definition) is 3. The van der Waals surface area contributed by atoms with Gasteiger partial charge in [-0.2, -0.15) is 0 Å². The molecule has 0 spiro atoms. The molecular formula is C12H15ClN2O. The van der Waals surface area contributed by atoms with E-state index in [1.165, 1.54) is 6.42 Å². The number of aryl methyl sites for hydroxylation is 1. The van der Waals surface area contributed by atoms with Crippen LogP contribution in [-0.2, 0) is 0 Å². The van der Waals surface area contributed by atoms with Crippen LogP contribution < -0.4 is 0 Å². The highest BCUT2D eigenvalue weighted by molar-refractivity contribution is 6.30. The summed E-state index contributed by atoms with van der Waals surface area (Å²) in [6, 6.07) is 7.26. The molecule has 1 aromatic heterocycles. The van der Waals surface area contributed by atoms with Gasteiger partial charge in [-0.25, -0.2) is 0 Å². The van der Waals surface area contributed by atoms with Crippen LogP contribution in [0, 0.1) is 6.92 Å². The molecule has 0 radical (unpaired) electrons. The highest BCUT2D eigenvalue weighted by atomic mass is 35.5. The number of nitrogens with zero attached hydrogens (tertiary/aromatic N) is 2. The van der Waals surface area contributed by atoms with Crippen LogP contribution in [-0.4, -0.2) is 10.2 Å². The predicted molar refractivity (Wildman–Crippen MR) is 65.4 cm³/mol. The summed E-state index contributed by atoms with van der Waals surface area (Å²) < 4.78 is 5.24. The SMILES string of the molecule is CCC.Cc1nnc(-c2ccc(Cl)cc2)o1. The molecule has 0 aliphatic rings. The summed E-state index contributed by atoms with van der Waals surface area (Å²) in [6.45, 7) is 6.01. The smallest absolute Gasteiger partial charge is 0.247 e. The molecule has 1 aromatic carbocycles.